The minimum Gasteiger partial charge on any atom is -0.480 e. The summed E-state index contributed by atoms with van der Waals surface area (Å²) < 4.78 is 102. The summed E-state index contributed by atoms with van der Waals surface area (Å²) in [6.45, 7) is -0.592. The molecular weight excluding hydrogens is 882 g/mol. The van der Waals surface area contributed by atoms with Gasteiger partial charge in [0.05, 0.1) is 41.6 Å². The summed E-state index contributed by atoms with van der Waals surface area (Å²) in [6, 6.07) is 4.96. The highest BCUT2D eigenvalue weighted by atomic mass is 35.5. The lowest BCUT2D eigenvalue weighted by Crippen LogP contribution is -2.53. The first-order valence-electron chi connectivity index (χ1n) is 21.7. The number of likely N-dealkylation sites (tertiary alicyclic amines) is 1. The van der Waals surface area contributed by atoms with E-state index in [-0.39, 0.29) is 88.7 Å². The molecule has 3 aromatic heterocycles. The number of aryl methyl sites for hydroxylation is 2. The maximum Gasteiger partial charge on any atom is 0.301 e. The normalized spacial score (nSPS) is 23.8. The molecule has 3 N–H and O–H groups in total. The Morgan fingerprint density at radius 2 is 1.72 bits per heavy atom. The maximum absolute atomic E-state index is 16.2. The fourth-order valence-corrected chi connectivity index (χ4v) is 10.2. The quantitative estimate of drug-likeness (QED) is 0.109. The molecule has 7 heterocycles. The summed E-state index contributed by atoms with van der Waals surface area (Å²) in [6.07, 6.45) is 3.64. The molecule has 2 unspecified atom stereocenters. The number of aromatic nitrogens is 5. The number of nitrogens with one attached hydrogen (secondary N) is 3. The molecule has 21 heteroatoms. The van der Waals surface area contributed by atoms with Crippen LogP contribution in [0.2, 0.25) is 5.02 Å². The van der Waals surface area contributed by atoms with Crippen molar-refractivity contribution in [3.63, 3.8) is 0 Å². The average molecular weight is 927 g/mol. The minimum absolute atomic E-state index is 0.0242. The van der Waals surface area contributed by atoms with Gasteiger partial charge in [-0.2, -0.15) is 10.1 Å². The molecule has 14 nitrogen and oxygen atoms in total. The Labute approximate surface area is 372 Å². The summed E-state index contributed by atoms with van der Waals surface area (Å²) in [5.41, 5.74) is 0.681. The van der Waals surface area contributed by atoms with Crippen LogP contribution < -0.4 is 31.1 Å². The highest BCUT2D eigenvalue weighted by molar-refractivity contribution is 6.33. The minimum atomic E-state index is -3.21. The van der Waals surface area contributed by atoms with E-state index in [1.54, 1.807) is 18.2 Å². The first kappa shape index (κ1) is 43.3. The van der Waals surface area contributed by atoms with Crippen molar-refractivity contribution in [1.82, 2.24) is 34.5 Å². The average Bonchev–Trinajstić information content (AvgIpc) is 4.06. The van der Waals surface area contributed by atoms with Crippen LogP contribution in [0.1, 0.15) is 68.0 Å². The number of nitrogens with zero attached hydrogens (tertiary/aromatic N) is 7. The molecule has 3 atom stereocenters. The zero-order valence-corrected chi connectivity index (χ0v) is 36.1. The van der Waals surface area contributed by atoms with E-state index >= 15 is 26.3 Å². The van der Waals surface area contributed by atoms with E-state index in [1.165, 1.54) is 40.5 Å². The third-order valence-corrected chi connectivity index (χ3v) is 14.0. The molecule has 2 amide bonds. The van der Waals surface area contributed by atoms with Crippen LogP contribution in [0.25, 0.3) is 21.8 Å². The van der Waals surface area contributed by atoms with Crippen molar-refractivity contribution in [2.45, 2.75) is 74.7 Å². The van der Waals surface area contributed by atoms with Gasteiger partial charge in [0, 0.05) is 61.5 Å². The summed E-state index contributed by atoms with van der Waals surface area (Å²) in [5.74, 6) is -11.5. The SMILES string of the molecule is Cn1nc(C2CCC(=O)NC2=O)c2cc(F)c(C3CCN(CC4CCN(c5ncc(Cl)c(Nc6ccc7c(c6)c6c(c(=O)n7C)OCC(F)(F)[C@H](C7CC7)N6)n5)CC4(F)F)CC3)c(F)c21. The van der Waals surface area contributed by atoms with Crippen molar-refractivity contribution >= 4 is 68.4 Å². The number of carbonyl (C=O) groups excluding carboxylic acids is 2. The predicted octanol–water partition coefficient (Wildman–Crippen LogP) is 6.97. The van der Waals surface area contributed by atoms with Crippen molar-refractivity contribution < 1.29 is 40.7 Å². The number of piperidine rings is 3. The Hall–Kier alpha value is -5.63. The molecule has 4 aliphatic heterocycles. The number of pyridine rings is 1. The number of halogens is 7. The fraction of sp³-hybridized carbons (Fsp3) is 0.500. The fourth-order valence-electron chi connectivity index (χ4n) is 10.1. The second kappa shape index (κ2) is 16.1. The lowest BCUT2D eigenvalue weighted by atomic mass is 9.86. The Balaban J connectivity index is 0.805. The van der Waals surface area contributed by atoms with Crippen molar-refractivity contribution in [2.24, 2.45) is 25.9 Å². The Morgan fingerprint density at radius 1 is 0.954 bits per heavy atom. The maximum atomic E-state index is 16.2. The van der Waals surface area contributed by atoms with Gasteiger partial charge in [0.15, 0.2) is 18.2 Å². The molecule has 1 aliphatic carbocycles. The van der Waals surface area contributed by atoms with Crippen LogP contribution in [0.4, 0.5) is 49.5 Å². The standard InChI is InChI=1S/C44H45ClF6N10O4/c1-58-30-7-5-24(15-26(30)35-37(41(58)64)65-20-44(50,51)38(55-35)22-3-4-22)53-39-28(45)17-52-42(56-39)61-14-11-23(43(48,49)19-61)18-60-12-9-21(10-13-60)32-29(46)16-27-34(57-59(2)36(27)33(32)47)25-6-8-31(62)54-40(25)63/h5,7,15-17,21-23,25,38,55H,3-4,6,8-14,18-20H2,1-2H3,(H,52,53,56)(H,54,62,63)/t23?,25?,38-/m0/s1. The van der Waals surface area contributed by atoms with Gasteiger partial charge in [0.1, 0.15) is 16.4 Å². The molecule has 344 valence electrons. The van der Waals surface area contributed by atoms with Crippen LogP contribution in [0.3, 0.4) is 0 Å². The van der Waals surface area contributed by atoms with Crippen molar-refractivity contribution in [2.75, 3.05) is 54.9 Å². The van der Waals surface area contributed by atoms with Crippen LogP contribution in [0.15, 0.2) is 35.3 Å². The number of carbonyl (C=O) groups is 2. The lowest BCUT2D eigenvalue weighted by Gasteiger charge is -2.41. The lowest BCUT2D eigenvalue weighted by molar-refractivity contribution is -0.134. The largest absolute Gasteiger partial charge is 0.480 e. The Morgan fingerprint density at radius 3 is 2.45 bits per heavy atom. The Bertz CT molecular complexity index is 2830. The summed E-state index contributed by atoms with van der Waals surface area (Å²) in [7, 11) is 3.04. The second-order valence-electron chi connectivity index (χ2n) is 18.0. The van der Waals surface area contributed by atoms with E-state index in [2.05, 4.69) is 31.0 Å². The van der Waals surface area contributed by atoms with E-state index in [0.29, 0.717) is 55.4 Å². The van der Waals surface area contributed by atoms with Crippen molar-refractivity contribution in [1.29, 1.82) is 0 Å². The highest BCUT2D eigenvalue weighted by Crippen LogP contribution is 2.46. The van der Waals surface area contributed by atoms with Crippen molar-refractivity contribution in [3.8, 4) is 5.75 Å². The Kier molecular flexibility index (Phi) is 10.7. The third kappa shape index (κ3) is 7.78. The van der Waals surface area contributed by atoms with Crippen molar-refractivity contribution in [3.05, 3.63) is 68.7 Å². The number of alkyl halides is 4. The van der Waals surface area contributed by atoms with Gasteiger partial charge in [-0.15, -0.1) is 0 Å². The van der Waals surface area contributed by atoms with Gasteiger partial charge in [-0.05, 0) is 87.7 Å². The summed E-state index contributed by atoms with van der Waals surface area (Å²) in [4.78, 5) is 49.6. The number of imide groups is 1. The van der Waals surface area contributed by atoms with Crippen LogP contribution in [-0.4, -0.2) is 98.2 Å². The first-order chi connectivity index (χ1) is 31.0. The molecule has 0 radical (unpaired) electrons. The van der Waals surface area contributed by atoms with Gasteiger partial charge in [-0.1, -0.05) is 11.6 Å². The smallest absolute Gasteiger partial charge is 0.301 e. The van der Waals surface area contributed by atoms with E-state index in [1.807, 2.05) is 4.90 Å². The van der Waals surface area contributed by atoms with Gasteiger partial charge >= 0.3 is 5.92 Å². The molecule has 1 saturated carbocycles. The van der Waals surface area contributed by atoms with Crippen LogP contribution in [0, 0.1) is 23.5 Å². The monoisotopic (exact) mass is 926 g/mol. The number of ether oxygens (including phenoxy) is 1. The van der Waals surface area contributed by atoms with Gasteiger partial charge < -0.3 is 29.7 Å². The summed E-state index contributed by atoms with van der Waals surface area (Å²) in [5, 5.41) is 13.4. The molecule has 65 heavy (non-hydrogen) atoms. The van der Waals surface area contributed by atoms with Crippen LogP contribution in [0.5, 0.6) is 5.75 Å². The van der Waals surface area contributed by atoms with Crippen LogP contribution >= 0.6 is 11.6 Å². The zero-order chi connectivity index (χ0) is 45.7. The van der Waals surface area contributed by atoms with E-state index in [4.69, 9.17) is 16.3 Å². The summed E-state index contributed by atoms with van der Waals surface area (Å²) >= 11 is 6.52. The topological polar surface area (TPSA) is 152 Å². The zero-order valence-electron chi connectivity index (χ0n) is 35.4. The molecule has 3 saturated heterocycles. The molecule has 0 spiro atoms. The predicted molar refractivity (Wildman–Crippen MR) is 230 cm³/mol. The molecule has 4 fully saturated rings. The highest BCUT2D eigenvalue weighted by Gasteiger charge is 2.51. The number of amides is 2. The molecule has 10 rings (SSSR count). The second-order valence-corrected chi connectivity index (χ2v) is 18.4. The number of fused-ring (bicyclic) bond motifs is 4. The van der Waals surface area contributed by atoms with E-state index < -0.39 is 77.8 Å². The van der Waals surface area contributed by atoms with Gasteiger partial charge in [0.25, 0.3) is 11.5 Å². The van der Waals surface area contributed by atoms with Gasteiger partial charge in [0.2, 0.25) is 23.5 Å². The van der Waals surface area contributed by atoms with Gasteiger partial charge in [-0.25, -0.2) is 31.3 Å². The number of anilines is 4. The van der Waals surface area contributed by atoms with E-state index in [0.717, 1.165) is 0 Å². The van der Waals surface area contributed by atoms with Crippen LogP contribution in [-0.2, 0) is 23.7 Å². The first-order valence-corrected chi connectivity index (χ1v) is 22.1. The van der Waals surface area contributed by atoms with Gasteiger partial charge in [-0.3, -0.25) is 24.4 Å². The molecular formula is C44H45ClF6N10O4. The van der Waals surface area contributed by atoms with E-state index in [9.17, 15) is 14.4 Å². The number of rotatable bonds is 8. The molecule has 0 bridgehead atoms. The number of hydrogen-bond donors (Lipinski definition) is 3. The molecule has 5 aromatic rings. The molecule has 2 aromatic carbocycles. The number of benzene rings is 2. The number of hydrogen-bond acceptors (Lipinski definition) is 11. The third-order valence-electron chi connectivity index (χ3n) is 13.8. The molecule has 5 aliphatic rings.